The van der Waals surface area contributed by atoms with Gasteiger partial charge in [0.05, 0.1) is 23.0 Å². The minimum absolute atomic E-state index is 0.00273. The molecular weight excluding hydrogens is 472 g/mol. The van der Waals surface area contributed by atoms with Crippen molar-refractivity contribution in [1.29, 1.82) is 0 Å². The second-order valence-electron chi connectivity index (χ2n) is 11.2. The molecule has 0 aliphatic carbocycles. The van der Waals surface area contributed by atoms with E-state index in [1.807, 2.05) is 79.9 Å². The maximum absolute atomic E-state index is 13.7. The van der Waals surface area contributed by atoms with Crippen molar-refractivity contribution in [3.63, 3.8) is 0 Å². The second kappa shape index (κ2) is 11.3. The highest BCUT2D eigenvalue weighted by Gasteiger charge is 2.21. The molecule has 0 saturated carbocycles. The lowest BCUT2D eigenvalue weighted by atomic mass is 9.98. The normalized spacial score (nSPS) is 11.8. The van der Waals surface area contributed by atoms with Crippen LogP contribution in [0.2, 0.25) is 0 Å². The number of aromatic nitrogens is 2. The predicted molar refractivity (Wildman–Crippen MR) is 155 cm³/mol. The van der Waals surface area contributed by atoms with E-state index in [4.69, 9.17) is 9.72 Å². The minimum atomic E-state index is -0.569. The van der Waals surface area contributed by atoms with Gasteiger partial charge in [-0.05, 0) is 73.6 Å². The van der Waals surface area contributed by atoms with E-state index in [1.165, 1.54) is 0 Å². The molecule has 0 radical (unpaired) electrons. The Labute approximate surface area is 225 Å². The van der Waals surface area contributed by atoms with Gasteiger partial charge in [0.2, 0.25) is 0 Å². The number of nitrogens with zero attached hydrogens (tertiary/aromatic N) is 2. The molecule has 0 unspecified atom stereocenters. The van der Waals surface area contributed by atoms with Gasteiger partial charge in [0, 0.05) is 6.42 Å². The fourth-order valence-electron chi connectivity index (χ4n) is 4.55. The fraction of sp³-hybridized carbons (Fsp3) is 0.364. The Balaban J connectivity index is 1.69. The van der Waals surface area contributed by atoms with Crippen molar-refractivity contribution in [3.05, 3.63) is 99.6 Å². The van der Waals surface area contributed by atoms with Crippen LogP contribution in [0.3, 0.4) is 0 Å². The lowest BCUT2D eigenvalue weighted by molar-refractivity contribution is 0.00704. The summed E-state index contributed by atoms with van der Waals surface area (Å²) in [5, 5.41) is 0.666. The van der Waals surface area contributed by atoms with Gasteiger partial charge in [0.25, 0.3) is 5.56 Å². The zero-order valence-electron chi connectivity index (χ0n) is 23.4. The summed E-state index contributed by atoms with van der Waals surface area (Å²) in [5.74, 6) is 0.816. The van der Waals surface area contributed by atoms with Crippen molar-refractivity contribution in [3.8, 4) is 11.1 Å². The smallest absolute Gasteiger partial charge is 0.339 e. The fourth-order valence-corrected chi connectivity index (χ4v) is 4.55. The van der Waals surface area contributed by atoms with E-state index >= 15 is 0 Å². The molecule has 0 saturated heterocycles. The Bertz CT molecular complexity index is 1490. The van der Waals surface area contributed by atoms with Gasteiger partial charge in [-0.15, -0.1) is 0 Å². The molecule has 0 bridgehead atoms. The van der Waals surface area contributed by atoms with Crippen LogP contribution in [0.5, 0.6) is 0 Å². The molecule has 0 amide bonds. The van der Waals surface area contributed by atoms with Crippen LogP contribution >= 0.6 is 0 Å². The Morgan fingerprint density at radius 3 is 2.37 bits per heavy atom. The zero-order chi connectivity index (χ0) is 27.4. The van der Waals surface area contributed by atoms with Crippen molar-refractivity contribution in [1.82, 2.24) is 9.55 Å². The number of benzene rings is 3. The predicted octanol–water partition coefficient (Wildman–Crippen LogP) is 7.53. The van der Waals surface area contributed by atoms with Gasteiger partial charge in [-0.2, -0.15) is 0 Å². The summed E-state index contributed by atoms with van der Waals surface area (Å²) in [6, 6.07) is 21.6. The van der Waals surface area contributed by atoms with Gasteiger partial charge < -0.3 is 4.74 Å². The summed E-state index contributed by atoms with van der Waals surface area (Å²) in [6.07, 6.45) is 2.77. The van der Waals surface area contributed by atoms with Crippen molar-refractivity contribution in [2.75, 3.05) is 0 Å². The molecule has 0 aliphatic rings. The summed E-state index contributed by atoms with van der Waals surface area (Å²) < 4.78 is 7.45. The Kier molecular flexibility index (Phi) is 8.15. The van der Waals surface area contributed by atoms with E-state index in [9.17, 15) is 9.59 Å². The van der Waals surface area contributed by atoms with Gasteiger partial charge in [0.15, 0.2) is 0 Å². The Morgan fingerprint density at radius 1 is 1.00 bits per heavy atom. The molecule has 0 aliphatic heterocycles. The summed E-state index contributed by atoms with van der Waals surface area (Å²) in [7, 11) is 0. The first kappa shape index (κ1) is 27.3. The lowest BCUT2D eigenvalue weighted by Gasteiger charge is -2.20. The van der Waals surface area contributed by atoms with Crippen molar-refractivity contribution in [2.45, 2.75) is 78.9 Å². The lowest BCUT2D eigenvalue weighted by Crippen LogP contribution is -2.26. The third-order valence-corrected chi connectivity index (χ3v) is 6.63. The van der Waals surface area contributed by atoms with Crippen LogP contribution in [-0.4, -0.2) is 21.1 Å². The number of carbonyl (C=O) groups is 1. The van der Waals surface area contributed by atoms with E-state index in [1.54, 1.807) is 6.07 Å². The van der Waals surface area contributed by atoms with Gasteiger partial charge in [-0.3, -0.25) is 9.36 Å². The number of esters is 1. The summed E-state index contributed by atoms with van der Waals surface area (Å²) >= 11 is 0. The number of carbonyl (C=O) groups excluding carboxylic acids is 1. The maximum atomic E-state index is 13.7. The van der Waals surface area contributed by atoms with E-state index < -0.39 is 5.60 Å². The molecule has 5 nitrogen and oxygen atoms in total. The third kappa shape index (κ3) is 6.21. The standard InChI is InChI=1S/C33H38N2O3/c1-7-8-13-30-34-29-19-18-25(22(2)3)20-28(29)31(36)35(30)21-23-14-16-24(17-15-23)26-11-9-10-12-27(26)32(37)38-33(4,5)6/h9-12,14-20,22H,7-8,13,21H2,1-6H3. The van der Waals surface area contributed by atoms with Gasteiger partial charge in [0.1, 0.15) is 11.4 Å². The topological polar surface area (TPSA) is 61.2 Å². The van der Waals surface area contributed by atoms with E-state index in [-0.39, 0.29) is 11.5 Å². The molecule has 0 N–H and O–H groups in total. The largest absolute Gasteiger partial charge is 0.456 e. The zero-order valence-corrected chi connectivity index (χ0v) is 23.4. The highest BCUT2D eigenvalue weighted by Crippen LogP contribution is 2.26. The van der Waals surface area contributed by atoms with Crippen LogP contribution in [0.1, 0.15) is 87.6 Å². The Hall–Kier alpha value is -3.73. The van der Waals surface area contributed by atoms with Crippen LogP contribution < -0.4 is 5.56 Å². The maximum Gasteiger partial charge on any atom is 0.339 e. The number of ether oxygens (including phenoxy) is 1. The van der Waals surface area contributed by atoms with Crippen LogP contribution in [0.4, 0.5) is 0 Å². The number of unbranched alkanes of at least 4 members (excludes halogenated alkanes) is 1. The number of hydrogen-bond donors (Lipinski definition) is 0. The molecular formula is C33H38N2O3. The summed E-state index contributed by atoms with van der Waals surface area (Å²) in [4.78, 5) is 31.4. The first-order valence-corrected chi connectivity index (χ1v) is 13.5. The van der Waals surface area contributed by atoms with Crippen molar-refractivity contribution < 1.29 is 9.53 Å². The van der Waals surface area contributed by atoms with Crippen LogP contribution in [-0.2, 0) is 17.7 Å². The van der Waals surface area contributed by atoms with E-state index in [0.29, 0.717) is 23.4 Å². The second-order valence-corrected chi connectivity index (χ2v) is 11.2. The van der Waals surface area contributed by atoms with Gasteiger partial charge in [-0.1, -0.05) is 75.7 Å². The monoisotopic (exact) mass is 510 g/mol. The van der Waals surface area contributed by atoms with Crippen molar-refractivity contribution in [2.24, 2.45) is 0 Å². The average Bonchev–Trinajstić information content (AvgIpc) is 2.88. The highest BCUT2D eigenvalue weighted by molar-refractivity contribution is 5.97. The van der Waals surface area contributed by atoms with Crippen molar-refractivity contribution >= 4 is 16.9 Å². The number of hydrogen-bond acceptors (Lipinski definition) is 4. The number of aryl methyl sites for hydroxylation is 1. The van der Waals surface area contributed by atoms with Crippen LogP contribution in [0.15, 0.2) is 71.5 Å². The average molecular weight is 511 g/mol. The molecule has 4 rings (SSSR count). The quantitative estimate of drug-likeness (QED) is 0.230. The summed E-state index contributed by atoms with van der Waals surface area (Å²) in [5.41, 5.74) is 4.61. The molecule has 198 valence electrons. The molecule has 4 aromatic rings. The van der Waals surface area contributed by atoms with E-state index in [0.717, 1.165) is 52.9 Å². The molecule has 1 heterocycles. The van der Waals surface area contributed by atoms with E-state index in [2.05, 4.69) is 26.8 Å². The molecule has 1 aromatic heterocycles. The molecule has 0 fully saturated rings. The number of rotatable bonds is 8. The molecule has 3 aromatic carbocycles. The van der Waals surface area contributed by atoms with Gasteiger partial charge >= 0.3 is 5.97 Å². The highest BCUT2D eigenvalue weighted by atomic mass is 16.6. The molecule has 0 spiro atoms. The van der Waals surface area contributed by atoms with Crippen LogP contribution in [0, 0.1) is 0 Å². The number of fused-ring (bicyclic) bond motifs is 1. The first-order chi connectivity index (χ1) is 18.1. The molecule has 38 heavy (non-hydrogen) atoms. The molecule has 5 heteroatoms. The first-order valence-electron chi connectivity index (χ1n) is 13.5. The third-order valence-electron chi connectivity index (χ3n) is 6.63. The van der Waals surface area contributed by atoms with Crippen LogP contribution in [0.25, 0.3) is 22.0 Å². The molecule has 0 atom stereocenters. The Morgan fingerprint density at radius 2 is 1.71 bits per heavy atom. The SMILES string of the molecule is CCCCc1nc2ccc(C(C)C)cc2c(=O)n1Cc1ccc(-c2ccccc2C(=O)OC(C)(C)C)cc1. The van der Waals surface area contributed by atoms with Gasteiger partial charge in [-0.25, -0.2) is 9.78 Å². The summed E-state index contributed by atoms with van der Waals surface area (Å²) in [6.45, 7) is 12.4. The minimum Gasteiger partial charge on any atom is -0.456 e.